The fraction of sp³-hybridized carbons (Fsp3) is 0.167. The summed E-state index contributed by atoms with van der Waals surface area (Å²) < 4.78 is 16.8. The van der Waals surface area contributed by atoms with Crippen molar-refractivity contribution in [3.05, 3.63) is 82.0 Å². The van der Waals surface area contributed by atoms with Crippen molar-refractivity contribution in [1.82, 2.24) is 0 Å². The summed E-state index contributed by atoms with van der Waals surface area (Å²) in [6.45, 7) is 5.69. The highest BCUT2D eigenvalue weighted by atomic mass is 79.9. The molecule has 1 amide bonds. The van der Waals surface area contributed by atoms with E-state index in [2.05, 4.69) is 22.5 Å². The summed E-state index contributed by atoms with van der Waals surface area (Å²) in [4.78, 5) is 27.4. The molecule has 0 N–H and O–H groups in total. The van der Waals surface area contributed by atoms with Crippen LogP contribution in [0.3, 0.4) is 0 Å². The number of allylic oxidation sites excluding steroid dienone is 1. The van der Waals surface area contributed by atoms with Gasteiger partial charge in [-0.25, -0.2) is 4.79 Å². The minimum Gasteiger partial charge on any atom is -0.493 e. The van der Waals surface area contributed by atoms with Crippen LogP contribution in [0, 0.1) is 0 Å². The molecule has 0 radical (unpaired) electrons. The van der Waals surface area contributed by atoms with Gasteiger partial charge in [0, 0.05) is 15.9 Å². The van der Waals surface area contributed by atoms with Gasteiger partial charge in [0.25, 0.3) is 5.91 Å². The Kier molecular flexibility index (Phi) is 6.97. The number of hydrogen-bond donors (Lipinski definition) is 0. The number of amides is 1. The highest BCUT2D eigenvalue weighted by Crippen LogP contribution is 2.37. The molecule has 1 aliphatic heterocycles. The van der Waals surface area contributed by atoms with Gasteiger partial charge in [-0.2, -0.15) is 0 Å². The van der Waals surface area contributed by atoms with Crippen LogP contribution in [-0.2, 0) is 14.3 Å². The van der Waals surface area contributed by atoms with Crippen LogP contribution in [0.4, 0.5) is 5.69 Å². The molecule has 0 saturated carbocycles. The molecule has 7 heteroatoms. The standard InChI is InChI=1S/C24H22BrNO5/c1-5-12-31-20-11-6-16(14-21(20)29-3)13-19-22(24(28)30-4)15(2)26(23(19)27)18-9-7-17(25)8-10-18/h5-11,13-14H,1,12H2,2-4H3/b19-13-. The molecule has 31 heavy (non-hydrogen) atoms. The van der Waals surface area contributed by atoms with Gasteiger partial charge in [0.2, 0.25) is 0 Å². The third-order valence-corrected chi connectivity index (χ3v) is 5.26. The number of rotatable bonds is 7. The maximum absolute atomic E-state index is 13.3. The highest BCUT2D eigenvalue weighted by Gasteiger charge is 2.37. The van der Waals surface area contributed by atoms with E-state index in [1.54, 1.807) is 49.4 Å². The van der Waals surface area contributed by atoms with Gasteiger partial charge in [0.15, 0.2) is 11.5 Å². The number of benzene rings is 2. The Morgan fingerprint density at radius 1 is 1.13 bits per heavy atom. The quantitative estimate of drug-likeness (QED) is 0.318. The molecule has 0 fully saturated rings. The molecule has 0 unspecified atom stereocenters. The van der Waals surface area contributed by atoms with Crippen molar-refractivity contribution in [1.29, 1.82) is 0 Å². The zero-order chi connectivity index (χ0) is 22.5. The van der Waals surface area contributed by atoms with E-state index in [-0.39, 0.29) is 17.1 Å². The number of hydrogen-bond acceptors (Lipinski definition) is 5. The number of carbonyl (C=O) groups excluding carboxylic acids is 2. The van der Waals surface area contributed by atoms with Gasteiger partial charge in [-0.1, -0.05) is 34.7 Å². The average molecular weight is 484 g/mol. The van der Waals surface area contributed by atoms with Crippen molar-refractivity contribution in [2.45, 2.75) is 6.92 Å². The summed E-state index contributed by atoms with van der Waals surface area (Å²) in [6, 6.07) is 12.6. The van der Waals surface area contributed by atoms with Gasteiger partial charge in [-0.05, 0) is 55.0 Å². The number of ether oxygens (including phenoxy) is 3. The Balaban J connectivity index is 2.07. The first-order chi connectivity index (χ1) is 14.9. The second kappa shape index (κ2) is 9.66. The maximum atomic E-state index is 13.3. The van der Waals surface area contributed by atoms with E-state index in [9.17, 15) is 9.59 Å². The van der Waals surface area contributed by atoms with E-state index in [0.717, 1.165) is 4.47 Å². The lowest BCUT2D eigenvalue weighted by Gasteiger charge is -2.18. The second-order valence-corrected chi connectivity index (χ2v) is 7.55. The fourth-order valence-corrected chi connectivity index (χ4v) is 3.55. The Bertz CT molecular complexity index is 1090. The minimum absolute atomic E-state index is 0.223. The number of halogens is 1. The van der Waals surface area contributed by atoms with E-state index in [1.807, 2.05) is 12.1 Å². The van der Waals surface area contributed by atoms with Crippen LogP contribution >= 0.6 is 15.9 Å². The van der Waals surface area contributed by atoms with E-state index in [1.165, 1.54) is 19.1 Å². The lowest BCUT2D eigenvalue weighted by molar-refractivity contribution is -0.136. The maximum Gasteiger partial charge on any atom is 0.340 e. The van der Waals surface area contributed by atoms with Gasteiger partial charge in [-0.3, -0.25) is 9.69 Å². The van der Waals surface area contributed by atoms with Crippen LogP contribution in [0.25, 0.3) is 6.08 Å². The van der Waals surface area contributed by atoms with Crippen molar-refractivity contribution in [2.75, 3.05) is 25.7 Å². The Hall–Kier alpha value is -3.32. The van der Waals surface area contributed by atoms with Gasteiger partial charge in [0.05, 0.1) is 25.4 Å². The van der Waals surface area contributed by atoms with Gasteiger partial charge >= 0.3 is 5.97 Å². The van der Waals surface area contributed by atoms with Crippen LogP contribution in [0.15, 0.2) is 76.4 Å². The molecule has 160 valence electrons. The van der Waals surface area contributed by atoms with E-state index >= 15 is 0 Å². The summed E-state index contributed by atoms with van der Waals surface area (Å²) in [6.07, 6.45) is 3.29. The smallest absolute Gasteiger partial charge is 0.340 e. The van der Waals surface area contributed by atoms with Crippen molar-refractivity contribution in [2.24, 2.45) is 0 Å². The lowest BCUT2D eigenvalue weighted by atomic mass is 10.0. The Morgan fingerprint density at radius 3 is 2.45 bits per heavy atom. The van der Waals surface area contributed by atoms with Crippen LogP contribution < -0.4 is 14.4 Å². The van der Waals surface area contributed by atoms with Crippen molar-refractivity contribution in [3.8, 4) is 11.5 Å². The van der Waals surface area contributed by atoms with Gasteiger partial charge < -0.3 is 14.2 Å². The monoisotopic (exact) mass is 483 g/mol. The SMILES string of the molecule is C=CCOc1ccc(/C=C2\C(=O)N(c3ccc(Br)cc3)C(C)=C2C(=O)OC)cc1OC. The Labute approximate surface area is 189 Å². The predicted octanol–water partition coefficient (Wildman–Crippen LogP) is 4.90. The number of anilines is 1. The van der Waals surface area contributed by atoms with E-state index in [0.29, 0.717) is 35.1 Å². The van der Waals surface area contributed by atoms with Crippen molar-refractivity contribution < 1.29 is 23.8 Å². The van der Waals surface area contributed by atoms with Crippen LogP contribution in [0.1, 0.15) is 12.5 Å². The molecular weight excluding hydrogens is 462 g/mol. The molecule has 6 nitrogen and oxygen atoms in total. The van der Waals surface area contributed by atoms with Crippen molar-refractivity contribution >= 4 is 39.6 Å². The van der Waals surface area contributed by atoms with Crippen LogP contribution in [-0.4, -0.2) is 32.7 Å². The van der Waals surface area contributed by atoms with Gasteiger partial charge in [0.1, 0.15) is 6.61 Å². The largest absolute Gasteiger partial charge is 0.493 e. The first kappa shape index (κ1) is 22.4. The summed E-state index contributed by atoms with van der Waals surface area (Å²) in [5, 5.41) is 0. The third kappa shape index (κ3) is 4.56. The molecule has 2 aromatic carbocycles. The van der Waals surface area contributed by atoms with Crippen LogP contribution in [0.5, 0.6) is 11.5 Å². The number of esters is 1. The van der Waals surface area contributed by atoms with Crippen molar-refractivity contribution in [3.63, 3.8) is 0 Å². The molecule has 0 atom stereocenters. The first-order valence-electron chi connectivity index (χ1n) is 9.44. The first-order valence-corrected chi connectivity index (χ1v) is 10.2. The number of nitrogens with zero attached hydrogens (tertiary/aromatic N) is 1. The molecule has 0 saturated heterocycles. The molecule has 2 aromatic rings. The second-order valence-electron chi connectivity index (χ2n) is 6.64. The summed E-state index contributed by atoms with van der Waals surface area (Å²) in [5.41, 5.74) is 2.30. The fourth-order valence-electron chi connectivity index (χ4n) is 3.29. The number of methoxy groups -OCH3 is 2. The highest BCUT2D eigenvalue weighted by molar-refractivity contribution is 9.10. The third-order valence-electron chi connectivity index (χ3n) is 4.73. The lowest BCUT2D eigenvalue weighted by Crippen LogP contribution is -2.24. The molecule has 0 aromatic heterocycles. The zero-order valence-corrected chi connectivity index (χ0v) is 19.1. The molecule has 1 heterocycles. The molecule has 3 rings (SSSR count). The topological polar surface area (TPSA) is 65.1 Å². The zero-order valence-electron chi connectivity index (χ0n) is 17.5. The van der Waals surface area contributed by atoms with E-state index < -0.39 is 5.97 Å². The Morgan fingerprint density at radius 2 is 1.84 bits per heavy atom. The normalized spacial score (nSPS) is 14.8. The minimum atomic E-state index is -0.574. The van der Waals surface area contributed by atoms with Gasteiger partial charge in [-0.15, -0.1) is 0 Å². The van der Waals surface area contributed by atoms with E-state index in [4.69, 9.17) is 14.2 Å². The summed E-state index contributed by atoms with van der Waals surface area (Å²) >= 11 is 3.39. The summed E-state index contributed by atoms with van der Waals surface area (Å²) in [7, 11) is 2.83. The molecule has 0 bridgehead atoms. The summed E-state index contributed by atoms with van der Waals surface area (Å²) in [5.74, 6) is 0.172. The number of carbonyl (C=O) groups is 2. The molecular formula is C24H22BrNO5. The predicted molar refractivity (Wildman–Crippen MR) is 123 cm³/mol. The van der Waals surface area contributed by atoms with Crippen LogP contribution in [0.2, 0.25) is 0 Å². The molecule has 1 aliphatic rings. The molecule has 0 aliphatic carbocycles. The average Bonchev–Trinajstić information content (AvgIpc) is 3.02. The molecule has 0 spiro atoms.